The molecule has 1 aliphatic heterocycles. The Hall–Kier alpha value is -1.52. The molecular formula is C13H22N2O3. The van der Waals surface area contributed by atoms with Gasteiger partial charge in [-0.25, -0.2) is 4.79 Å². The number of amides is 2. The summed E-state index contributed by atoms with van der Waals surface area (Å²) >= 11 is 0. The summed E-state index contributed by atoms with van der Waals surface area (Å²) in [6, 6.07) is 0. The van der Waals surface area contributed by atoms with Gasteiger partial charge in [-0.05, 0) is 34.1 Å². The third-order valence-electron chi connectivity index (χ3n) is 2.43. The Balaban J connectivity index is 2.59. The summed E-state index contributed by atoms with van der Waals surface area (Å²) in [5, 5.41) is 2.74. The Labute approximate surface area is 108 Å². The molecule has 2 amide bonds. The number of hydrogen-bond acceptors (Lipinski definition) is 3. The van der Waals surface area contributed by atoms with Crippen LogP contribution in [-0.4, -0.2) is 42.1 Å². The average molecular weight is 254 g/mol. The Morgan fingerprint density at radius 2 is 2.11 bits per heavy atom. The van der Waals surface area contributed by atoms with Crippen molar-refractivity contribution >= 4 is 12.0 Å². The fourth-order valence-electron chi connectivity index (χ4n) is 1.66. The van der Waals surface area contributed by atoms with Crippen molar-refractivity contribution < 1.29 is 14.3 Å². The average Bonchev–Trinajstić information content (AvgIpc) is 2.27. The zero-order chi connectivity index (χ0) is 13.8. The predicted molar refractivity (Wildman–Crippen MR) is 69.2 cm³/mol. The van der Waals surface area contributed by atoms with Crippen molar-refractivity contribution in [2.45, 2.75) is 39.7 Å². The van der Waals surface area contributed by atoms with Crippen LogP contribution in [0.4, 0.5) is 4.79 Å². The first-order chi connectivity index (χ1) is 8.33. The summed E-state index contributed by atoms with van der Waals surface area (Å²) in [7, 11) is 0. The van der Waals surface area contributed by atoms with Crippen LogP contribution in [0.1, 0.15) is 34.1 Å². The Bertz CT molecular complexity index is 356. The number of carbonyl (C=O) groups is 2. The normalized spacial score (nSPS) is 16.0. The molecule has 0 aromatic carbocycles. The topological polar surface area (TPSA) is 58.6 Å². The number of ether oxygens (including phenoxy) is 1. The first-order valence-corrected chi connectivity index (χ1v) is 6.28. The highest BCUT2D eigenvalue weighted by molar-refractivity contribution is 5.94. The molecule has 0 spiro atoms. The summed E-state index contributed by atoms with van der Waals surface area (Å²) in [6.45, 7) is 8.86. The van der Waals surface area contributed by atoms with Gasteiger partial charge in [0.15, 0.2) is 0 Å². The van der Waals surface area contributed by atoms with E-state index in [0.29, 0.717) is 31.6 Å². The van der Waals surface area contributed by atoms with Gasteiger partial charge in [-0.2, -0.15) is 0 Å². The van der Waals surface area contributed by atoms with Gasteiger partial charge < -0.3 is 15.0 Å². The molecule has 0 aliphatic carbocycles. The van der Waals surface area contributed by atoms with Crippen LogP contribution >= 0.6 is 0 Å². The molecule has 1 heterocycles. The predicted octanol–water partition coefficient (Wildman–Crippen LogP) is 1.69. The van der Waals surface area contributed by atoms with Crippen LogP contribution < -0.4 is 5.32 Å². The van der Waals surface area contributed by atoms with Gasteiger partial charge in [-0.1, -0.05) is 6.08 Å². The SMILES string of the molecule is CCNC(=O)C1=CCCN(C(=O)OC(C)(C)C)C1. The molecule has 5 heteroatoms. The molecule has 0 aromatic rings. The van der Waals surface area contributed by atoms with Crippen LogP contribution in [0.5, 0.6) is 0 Å². The molecule has 0 atom stereocenters. The van der Waals surface area contributed by atoms with Crippen LogP contribution in [0.2, 0.25) is 0 Å². The van der Waals surface area contributed by atoms with Crippen molar-refractivity contribution in [2.75, 3.05) is 19.6 Å². The maximum atomic E-state index is 11.9. The van der Waals surface area contributed by atoms with Gasteiger partial charge in [0.05, 0.1) is 6.54 Å². The quantitative estimate of drug-likeness (QED) is 0.815. The minimum absolute atomic E-state index is 0.106. The standard InChI is InChI=1S/C13H22N2O3/c1-5-14-11(16)10-7-6-8-15(9-10)12(17)18-13(2,3)4/h7H,5-6,8-9H2,1-4H3,(H,14,16). The largest absolute Gasteiger partial charge is 0.444 e. The van der Waals surface area contributed by atoms with Gasteiger partial charge in [0.1, 0.15) is 5.60 Å². The Morgan fingerprint density at radius 3 is 2.67 bits per heavy atom. The molecule has 0 radical (unpaired) electrons. The third-order valence-corrected chi connectivity index (χ3v) is 2.43. The van der Waals surface area contributed by atoms with Crippen molar-refractivity contribution in [2.24, 2.45) is 0 Å². The minimum Gasteiger partial charge on any atom is -0.444 e. The van der Waals surface area contributed by atoms with E-state index in [1.54, 1.807) is 4.90 Å². The lowest BCUT2D eigenvalue weighted by Crippen LogP contribution is -2.42. The summed E-state index contributed by atoms with van der Waals surface area (Å²) < 4.78 is 5.29. The van der Waals surface area contributed by atoms with Crippen LogP contribution in [-0.2, 0) is 9.53 Å². The number of rotatable bonds is 2. The van der Waals surface area contributed by atoms with E-state index in [4.69, 9.17) is 4.74 Å². The highest BCUT2D eigenvalue weighted by Crippen LogP contribution is 2.15. The fraction of sp³-hybridized carbons (Fsp3) is 0.692. The zero-order valence-corrected chi connectivity index (χ0v) is 11.6. The van der Waals surface area contributed by atoms with Gasteiger partial charge in [0, 0.05) is 18.7 Å². The third kappa shape index (κ3) is 4.39. The number of nitrogens with zero attached hydrogens (tertiary/aromatic N) is 1. The van der Waals surface area contributed by atoms with Gasteiger partial charge in [0.2, 0.25) is 5.91 Å². The highest BCUT2D eigenvalue weighted by atomic mass is 16.6. The molecule has 18 heavy (non-hydrogen) atoms. The van der Waals surface area contributed by atoms with E-state index in [1.807, 2.05) is 33.8 Å². The number of carbonyl (C=O) groups excluding carboxylic acids is 2. The molecule has 0 aromatic heterocycles. The van der Waals surface area contributed by atoms with Crippen molar-refractivity contribution in [3.63, 3.8) is 0 Å². The minimum atomic E-state index is -0.510. The van der Waals surface area contributed by atoms with E-state index >= 15 is 0 Å². The first kappa shape index (κ1) is 14.5. The second-order valence-corrected chi connectivity index (χ2v) is 5.28. The Kier molecular flexibility index (Phi) is 4.76. The second kappa shape index (κ2) is 5.89. The molecule has 5 nitrogen and oxygen atoms in total. The van der Waals surface area contributed by atoms with Gasteiger partial charge in [-0.15, -0.1) is 0 Å². The maximum Gasteiger partial charge on any atom is 0.410 e. The maximum absolute atomic E-state index is 11.9. The van der Waals surface area contributed by atoms with Crippen LogP contribution in [0.15, 0.2) is 11.6 Å². The van der Waals surface area contributed by atoms with Crippen molar-refractivity contribution in [1.82, 2.24) is 10.2 Å². The summed E-state index contributed by atoms with van der Waals surface area (Å²) in [5.74, 6) is -0.106. The lowest BCUT2D eigenvalue weighted by atomic mass is 10.1. The van der Waals surface area contributed by atoms with Crippen LogP contribution in [0.25, 0.3) is 0 Å². The second-order valence-electron chi connectivity index (χ2n) is 5.28. The van der Waals surface area contributed by atoms with Crippen molar-refractivity contribution in [3.05, 3.63) is 11.6 Å². The smallest absolute Gasteiger partial charge is 0.410 e. The monoisotopic (exact) mass is 254 g/mol. The molecule has 1 rings (SSSR count). The molecule has 0 unspecified atom stereocenters. The Morgan fingerprint density at radius 1 is 1.44 bits per heavy atom. The summed E-state index contributed by atoms with van der Waals surface area (Å²) in [6.07, 6.45) is 2.20. The number of nitrogens with one attached hydrogen (secondary N) is 1. The fourth-order valence-corrected chi connectivity index (χ4v) is 1.66. The van der Waals surface area contributed by atoms with Gasteiger partial charge in [-0.3, -0.25) is 4.79 Å². The molecule has 0 bridgehead atoms. The molecule has 1 N–H and O–H groups in total. The van der Waals surface area contributed by atoms with E-state index in [-0.39, 0.29) is 12.0 Å². The van der Waals surface area contributed by atoms with E-state index < -0.39 is 5.60 Å². The molecule has 1 aliphatic rings. The zero-order valence-electron chi connectivity index (χ0n) is 11.6. The molecule has 0 saturated carbocycles. The molecule has 102 valence electrons. The highest BCUT2D eigenvalue weighted by Gasteiger charge is 2.26. The number of likely N-dealkylation sites (N-methyl/N-ethyl adjacent to an activating group) is 1. The van der Waals surface area contributed by atoms with E-state index in [9.17, 15) is 9.59 Å². The molecule has 0 fully saturated rings. The van der Waals surface area contributed by atoms with Gasteiger partial charge in [0.25, 0.3) is 0 Å². The van der Waals surface area contributed by atoms with Crippen molar-refractivity contribution in [1.29, 1.82) is 0 Å². The molecular weight excluding hydrogens is 232 g/mol. The van der Waals surface area contributed by atoms with Gasteiger partial charge >= 0.3 is 6.09 Å². The summed E-state index contributed by atoms with van der Waals surface area (Å²) in [5.41, 5.74) is 0.123. The van der Waals surface area contributed by atoms with E-state index in [0.717, 1.165) is 0 Å². The van der Waals surface area contributed by atoms with E-state index in [1.165, 1.54) is 0 Å². The molecule has 0 saturated heterocycles. The van der Waals surface area contributed by atoms with Crippen molar-refractivity contribution in [3.8, 4) is 0 Å². The first-order valence-electron chi connectivity index (χ1n) is 6.28. The van der Waals surface area contributed by atoms with E-state index in [2.05, 4.69) is 5.32 Å². The number of hydrogen-bond donors (Lipinski definition) is 1. The van der Waals surface area contributed by atoms with Crippen LogP contribution in [0, 0.1) is 0 Å². The summed E-state index contributed by atoms with van der Waals surface area (Å²) in [4.78, 5) is 25.1. The lowest BCUT2D eigenvalue weighted by molar-refractivity contribution is -0.117. The lowest BCUT2D eigenvalue weighted by Gasteiger charge is -2.29. The van der Waals surface area contributed by atoms with Crippen LogP contribution in [0.3, 0.4) is 0 Å².